The summed E-state index contributed by atoms with van der Waals surface area (Å²) in [5.74, 6) is 0. The Morgan fingerprint density at radius 2 is 1.56 bits per heavy atom. The van der Waals surface area contributed by atoms with Gasteiger partial charge in [-0.25, -0.2) is 8.42 Å². The van der Waals surface area contributed by atoms with Crippen LogP contribution in [0, 0.1) is 13.8 Å². The maximum Gasteiger partial charge on any atom is 0.175 e. The highest BCUT2D eigenvalue weighted by molar-refractivity contribution is 7.90. The molecule has 0 saturated carbocycles. The molecule has 1 heterocycles. The molecule has 27 heavy (non-hydrogen) atoms. The number of aryl methyl sites for hydroxylation is 2. The number of nitrogens with one attached hydrogen (secondary N) is 1. The molecule has 0 radical (unpaired) electrons. The summed E-state index contributed by atoms with van der Waals surface area (Å²) in [6.45, 7) is 5.25. The first-order valence-electron chi connectivity index (χ1n) is 8.84. The molecule has 0 aliphatic carbocycles. The van der Waals surface area contributed by atoms with Gasteiger partial charge in [0.15, 0.2) is 9.84 Å². The van der Waals surface area contributed by atoms with Crippen LogP contribution in [-0.2, 0) is 22.9 Å². The summed E-state index contributed by atoms with van der Waals surface area (Å²) in [5.41, 5.74) is 6.11. The topological polar surface area (TPSA) is 59.1 Å². The molecule has 0 atom stereocenters. The smallest absolute Gasteiger partial charge is 0.175 e. The molecule has 4 nitrogen and oxygen atoms in total. The molecule has 0 aliphatic rings. The Hall–Kier alpha value is -2.50. The lowest BCUT2D eigenvalue weighted by Crippen LogP contribution is -2.13. The predicted octanol–water partition coefficient (Wildman–Crippen LogP) is 4.06. The van der Waals surface area contributed by atoms with Crippen LogP contribution in [0.5, 0.6) is 0 Å². The van der Waals surface area contributed by atoms with E-state index in [0.29, 0.717) is 18.0 Å². The SMILES string of the molecule is Cc1ccc(-c2cc(CNCc3ccc(C)nc3)cc(S(C)(=O)=O)c2)cc1. The van der Waals surface area contributed by atoms with Crippen molar-refractivity contribution in [2.24, 2.45) is 0 Å². The molecule has 5 heteroatoms. The maximum atomic E-state index is 12.1. The lowest BCUT2D eigenvalue weighted by molar-refractivity contribution is 0.601. The van der Waals surface area contributed by atoms with Crippen molar-refractivity contribution in [1.29, 1.82) is 0 Å². The van der Waals surface area contributed by atoms with Crippen LogP contribution in [-0.4, -0.2) is 19.7 Å². The van der Waals surface area contributed by atoms with E-state index in [1.165, 1.54) is 11.8 Å². The van der Waals surface area contributed by atoms with E-state index in [2.05, 4.69) is 10.3 Å². The van der Waals surface area contributed by atoms with Crippen molar-refractivity contribution < 1.29 is 8.42 Å². The van der Waals surface area contributed by atoms with Crippen molar-refractivity contribution in [3.8, 4) is 11.1 Å². The molecule has 0 spiro atoms. The van der Waals surface area contributed by atoms with Crippen LogP contribution in [0.4, 0.5) is 0 Å². The minimum absolute atomic E-state index is 0.342. The highest BCUT2D eigenvalue weighted by atomic mass is 32.2. The van der Waals surface area contributed by atoms with E-state index in [1.807, 2.05) is 62.5 Å². The normalized spacial score (nSPS) is 11.5. The fourth-order valence-corrected chi connectivity index (χ4v) is 3.55. The highest BCUT2D eigenvalue weighted by Gasteiger charge is 2.11. The van der Waals surface area contributed by atoms with Crippen LogP contribution < -0.4 is 5.32 Å². The zero-order valence-electron chi connectivity index (χ0n) is 15.9. The van der Waals surface area contributed by atoms with Gasteiger partial charge >= 0.3 is 0 Å². The summed E-state index contributed by atoms with van der Waals surface area (Å²) < 4.78 is 24.2. The van der Waals surface area contributed by atoms with Gasteiger partial charge < -0.3 is 5.32 Å². The molecule has 3 aromatic rings. The van der Waals surface area contributed by atoms with Crippen LogP contribution in [0.1, 0.15) is 22.4 Å². The summed E-state index contributed by atoms with van der Waals surface area (Å²) in [7, 11) is -3.28. The molecule has 3 rings (SSSR count). The van der Waals surface area contributed by atoms with Gasteiger partial charge in [-0.1, -0.05) is 35.9 Å². The fraction of sp³-hybridized carbons (Fsp3) is 0.227. The molecule has 140 valence electrons. The highest BCUT2D eigenvalue weighted by Crippen LogP contribution is 2.25. The Morgan fingerprint density at radius 3 is 2.19 bits per heavy atom. The van der Waals surface area contributed by atoms with Crippen LogP contribution in [0.15, 0.2) is 65.7 Å². The zero-order chi connectivity index (χ0) is 19.4. The first-order chi connectivity index (χ1) is 12.8. The van der Waals surface area contributed by atoms with Gasteiger partial charge in [0.2, 0.25) is 0 Å². The third-order valence-electron chi connectivity index (χ3n) is 4.41. The van der Waals surface area contributed by atoms with Gasteiger partial charge in [0.05, 0.1) is 4.90 Å². The second-order valence-corrected chi connectivity index (χ2v) is 8.93. The van der Waals surface area contributed by atoms with Crippen LogP contribution in [0.25, 0.3) is 11.1 Å². The van der Waals surface area contributed by atoms with Gasteiger partial charge in [0.1, 0.15) is 0 Å². The van der Waals surface area contributed by atoms with E-state index in [4.69, 9.17) is 0 Å². The van der Waals surface area contributed by atoms with E-state index >= 15 is 0 Å². The molecule has 1 N–H and O–H groups in total. The lowest BCUT2D eigenvalue weighted by Gasteiger charge is -2.11. The number of rotatable bonds is 6. The van der Waals surface area contributed by atoms with Crippen LogP contribution in [0.3, 0.4) is 0 Å². The van der Waals surface area contributed by atoms with Crippen LogP contribution in [0.2, 0.25) is 0 Å². The largest absolute Gasteiger partial charge is 0.309 e. The number of pyridine rings is 1. The molecule has 0 unspecified atom stereocenters. The van der Waals surface area contributed by atoms with Gasteiger partial charge in [-0.3, -0.25) is 4.98 Å². The molecule has 0 bridgehead atoms. The van der Waals surface area contributed by atoms with E-state index in [-0.39, 0.29) is 0 Å². The average molecular weight is 381 g/mol. The Morgan fingerprint density at radius 1 is 0.852 bits per heavy atom. The number of hydrogen-bond donors (Lipinski definition) is 1. The standard InChI is InChI=1S/C22H24N2O2S/c1-16-4-8-20(9-5-16)21-10-19(11-22(12-21)27(3,25)26)14-23-13-18-7-6-17(2)24-15-18/h4-12,15,23H,13-14H2,1-3H3. The molecular formula is C22H24N2O2S. The summed E-state index contributed by atoms with van der Waals surface area (Å²) in [6, 6.07) is 17.7. The lowest BCUT2D eigenvalue weighted by atomic mass is 10.0. The van der Waals surface area contributed by atoms with Crippen molar-refractivity contribution in [1.82, 2.24) is 10.3 Å². The molecule has 0 amide bonds. The number of sulfone groups is 1. The monoisotopic (exact) mass is 380 g/mol. The number of benzene rings is 2. The molecule has 1 aromatic heterocycles. The third-order valence-corrected chi connectivity index (χ3v) is 5.50. The summed E-state index contributed by atoms with van der Waals surface area (Å²) in [6.07, 6.45) is 3.10. The zero-order valence-corrected chi connectivity index (χ0v) is 16.7. The van der Waals surface area contributed by atoms with Crippen molar-refractivity contribution in [2.75, 3.05) is 6.26 Å². The fourth-order valence-electron chi connectivity index (χ4n) is 2.84. The van der Waals surface area contributed by atoms with E-state index < -0.39 is 9.84 Å². The van der Waals surface area contributed by atoms with Crippen molar-refractivity contribution in [2.45, 2.75) is 31.8 Å². The van der Waals surface area contributed by atoms with Crippen molar-refractivity contribution >= 4 is 9.84 Å². The van der Waals surface area contributed by atoms with Gasteiger partial charge in [0.25, 0.3) is 0 Å². The van der Waals surface area contributed by atoms with Gasteiger partial charge in [-0.15, -0.1) is 0 Å². The van der Waals surface area contributed by atoms with E-state index in [1.54, 1.807) is 12.1 Å². The van der Waals surface area contributed by atoms with Crippen molar-refractivity contribution in [3.63, 3.8) is 0 Å². The second-order valence-electron chi connectivity index (χ2n) is 6.92. The number of hydrogen-bond acceptors (Lipinski definition) is 4. The molecule has 0 fully saturated rings. The molecule has 2 aromatic carbocycles. The Balaban J connectivity index is 1.84. The molecular weight excluding hydrogens is 356 g/mol. The summed E-state index contributed by atoms with van der Waals surface area (Å²) in [4.78, 5) is 4.63. The Kier molecular flexibility index (Phi) is 5.73. The molecule has 0 saturated heterocycles. The number of nitrogens with zero attached hydrogens (tertiary/aromatic N) is 1. The summed E-state index contributed by atoms with van der Waals surface area (Å²) in [5, 5.41) is 3.37. The second kappa shape index (κ2) is 8.03. The average Bonchev–Trinajstić information content (AvgIpc) is 2.63. The van der Waals surface area contributed by atoms with Crippen LogP contribution >= 0.6 is 0 Å². The predicted molar refractivity (Wildman–Crippen MR) is 109 cm³/mol. The Labute approximate surface area is 161 Å². The van der Waals surface area contributed by atoms with Gasteiger partial charge in [0, 0.05) is 31.2 Å². The molecule has 0 aliphatic heterocycles. The summed E-state index contributed by atoms with van der Waals surface area (Å²) >= 11 is 0. The van der Waals surface area contributed by atoms with E-state index in [0.717, 1.165) is 27.9 Å². The first-order valence-corrected chi connectivity index (χ1v) is 10.7. The quantitative estimate of drug-likeness (QED) is 0.701. The van der Waals surface area contributed by atoms with Crippen molar-refractivity contribution in [3.05, 3.63) is 83.2 Å². The first kappa shape index (κ1) is 19.3. The third kappa shape index (κ3) is 5.25. The van der Waals surface area contributed by atoms with Gasteiger partial charge in [-0.05, 0) is 60.4 Å². The van der Waals surface area contributed by atoms with E-state index in [9.17, 15) is 8.42 Å². The maximum absolute atomic E-state index is 12.1. The number of aromatic nitrogens is 1. The minimum atomic E-state index is -3.28. The van der Waals surface area contributed by atoms with Gasteiger partial charge in [-0.2, -0.15) is 0 Å². The minimum Gasteiger partial charge on any atom is -0.309 e. The Bertz CT molecular complexity index is 1020.